The van der Waals surface area contributed by atoms with Crippen LogP contribution in [0.3, 0.4) is 0 Å². The molecule has 8 heteroatoms. The third-order valence-electron chi connectivity index (χ3n) is 2.90. The first kappa shape index (κ1) is 14.6. The largest absolute Gasteiger partial charge is 0.447 e. The lowest BCUT2D eigenvalue weighted by Gasteiger charge is -2.35. The lowest BCUT2D eigenvalue weighted by molar-refractivity contribution is -0.132. The van der Waals surface area contributed by atoms with Gasteiger partial charge in [-0.2, -0.15) is 0 Å². The molecule has 1 aliphatic heterocycles. The van der Waals surface area contributed by atoms with E-state index in [1.165, 1.54) is 0 Å². The number of hydrogen-bond acceptors (Lipinski definition) is 5. The van der Waals surface area contributed by atoms with Crippen molar-refractivity contribution in [2.45, 2.75) is 18.7 Å². The van der Waals surface area contributed by atoms with Gasteiger partial charge in [-0.15, -0.1) is 0 Å². The van der Waals surface area contributed by atoms with E-state index in [1.807, 2.05) is 30.3 Å². The number of nitrogens with one attached hydrogen (secondary N) is 2. The number of ether oxygens (including phenoxy) is 2. The van der Waals surface area contributed by atoms with E-state index in [9.17, 15) is 14.4 Å². The molecule has 3 amide bonds. The summed E-state index contributed by atoms with van der Waals surface area (Å²) in [5, 5.41) is 4.89. The number of alkyl carbamates (subject to hydrolysis) is 1. The average Bonchev–Trinajstić information content (AvgIpc) is 2.47. The van der Waals surface area contributed by atoms with Gasteiger partial charge in [0.05, 0.1) is 6.04 Å². The van der Waals surface area contributed by atoms with Crippen LogP contribution in [-0.2, 0) is 20.9 Å². The summed E-state index contributed by atoms with van der Waals surface area (Å²) < 4.78 is 9.56. The first-order valence-corrected chi connectivity index (χ1v) is 6.26. The van der Waals surface area contributed by atoms with Gasteiger partial charge < -0.3 is 25.8 Å². The summed E-state index contributed by atoms with van der Waals surface area (Å²) in [5.74, 6) is -0.371. The van der Waals surface area contributed by atoms with Crippen molar-refractivity contribution < 1.29 is 23.9 Å². The Hall–Kier alpha value is -2.77. The molecule has 1 saturated heterocycles. The smallest absolute Gasteiger partial charge is 0.408 e. The lowest BCUT2D eigenvalue weighted by atomic mass is 10.0. The van der Waals surface area contributed by atoms with E-state index in [4.69, 9.17) is 10.5 Å². The number of nitrogens with two attached hydrogens (primary N) is 1. The van der Waals surface area contributed by atoms with Crippen molar-refractivity contribution >= 4 is 18.1 Å². The zero-order chi connectivity index (χ0) is 15.2. The van der Waals surface area contributed by atoms with Crippen LogP contribution in [0.1, 0.15) is 5.56 Å². The first-order chi connectivity index (χ1) is 10.1. The fourth-order valence-corrected chi connectivity index (χ4v) is 1.81. The molecule has 0 saturated carbocycles. The highest BCUT2D eigenvalue weighted by Gasteiger charge is 2.41. The molecule has 1 aromatic rings. The second kappa shape index (κ2) is 6.60. The van der Waals surface area contributed by atoms with E-state index < -0.39 is 24.3 Å². The molecule has 8 nitrogen and oxygen atoms in total. The lowest BCUT2D eigenvalue weighted by Crippen LogP contribution is -2.70. The molecule has 0 radical (unpaired) electrons. The van der Waals surface area contributed by atoms with Crippen molar-refractivity contribution in [3.05, 3.63) is 35.9 Å². The zero-order valence-electron chi connectivity index (χ0n) is 11.1. The summed E-state index contributed by atoms with van der Waals surface area (Å²) in [4.78, 5) is 33.4. The standard InChI is InChI=1S/C13H15N3O5/c14-12(18)20-7-9-10(11(17)15-9)16-13(19)21-6-8-4-2-1-3-5-8/h1-5,9-10H,6-7H2,(H2,14,18)(H,15,17)(H,16,19)/t9-,10+/m0/s1. The van der Waals surface area contributed by atoms with E-state index in [0.717, 1.165) is 5.56 Å². The molecule has 1 fully saturated rings. The summed E-state index contributed by atoms with van der Waals surface area (Å²) in [6, 6.07) is 7.83. The SMILES string of the molecule is NC(=O)OC[C@@H]1NC(=O)[C@@H]1NC(=O)OCc1ccccc1. The monoisotopic (exact) mass is 293 g/mol. The van der Waals surface area contributed by atoms with Gasteiger partial charge in [0, 0.05) is 0 Å². The van der Waals surface area contributed by atoms with Crippen LogP contribution in [0.5, 0.6) is 0 Å². The molecule has 21 heavy (non-hydrogen) atoms. The van der Waals surface area contributed by atoms with Gasteiger partial charge in [-0.25, -0.2) is 9.59 Å². The van der Waals surface area contributed by atoms with Gasteiger partial charge in [0.25, 0.3) is 0 Å². The van der Waals surface area contributed by atoms with E-state index >= 15 is 0 Å². The second-order valence-electron chi connectivity index (χ2n) is 4.43. The van der Waals surface area contributed by atoms with Gasteiger partial charge in [0.2, 0.25) is 5.91 Å². The van der Waals surface area contributed by atoms with Gasteiger partial charge in [-0.1, -0.05) is 30.3 Å². The molecule has 0 aromatic heterocycles. The average molecular weight is 293 g/mol. The predicted molar refractivity (Wildman–Crippen MR) is 71.0 cm³/mol. The normalized spacial score (nSPS) is 19.9. The number of primary amides is 1. The van der Waals surface area contributed by atoms with Crippen molar-refractivity contribution in [2.24, 2.45) is 5.73 Å². The van der Waals surface area contributed by atoms with Crippen molar-refractivity contribution in [1.82, 2.24) is 10.6 Å². The number of carbonyl (C=O) groups excluding carboxylic acids is 3. The topological polar surface area (TPSA) is 120 Å². The van der Waals surface area contributed by atoms with Gasteiger partial charge in [0.1, 0.15) is 19.3 Å². The Morgan fingerprint density at radius 3 is 2.57 bits per heavy atom. The summed E-state index contributed by atoms with van der Waals surface area (Å²) in [7, 11) is 0. The van der Waals surface area contributed by atoms with Gasteiger partial charge in [-0.3, -0.25) is 4.79 Å². The van der Waals surface area contributed by atoms with Crippen molar-refractivity contribution in [3.63, 3.8) is 0 Å². The summed E-state index contributed by atoms with van der Waals surface area (Å²) >= 11 is 0. The first-order valence-electron chi connectivity index (χ1n) is 6.26. The molecule has 0 aliphatic carbocycles. The van der Waals surface area contributed by atoms with Gasteiger partial charge in [0.15, 0.2) is 0 Å². The minimum absolute atomic E-state index is 0.101. The van der Waals surface area contributed by atoms with Crippen LogP contribution < -0.4 is 16.4 Å². The third kappa shape index (κ3) is 4.10. The number of hydrogen-bond donors (Lipinski definition) is 3. The highest BCUT2D eigenvalue weighted by Crippen LogP contribution is 2.08. The quantitative estimate of drug-likeness (QED) is 0.653. The minimum atomic E-state index is -0.943. The van der Waals surface area contributed by atoms with E-state index in [1.54, 1.807) is 0 Å². The number of β-lactam (4-membered cyclic amide) rings is 1. The molecular formula is C13H15N3O5. The Bertz CT molecular complexity index is 534. The third-order valence-corrected chi connectivity index (χ3v) is 2.90. The van der Waals surface area contributed by atoms with Crippen LogP contribution in [0, 0.1) is 0 Å². The van der Waals surface area contributed by atoms with Crippen molar-refractivity contribution in [2.75, 3.05) is 6.61 Å². The van der Waals surface area contributed by atoms with Gasteiger partial charge >= 0.3 is 12.2 Å². The Morgan fingerprint density at radius 2 is 1.95 bits per heavy atom. The summed E-state index contributed by atoms with van der Waals surface area (Å²) in [5.41, 5.74) is 5.66. The highest BCUT2D eigenvalue weighted by atomic mass is 16.6. The molecule has 2 rings (SSSR count). The fourth-order valence-electron chi connectivity index (χ4n) is 1.81. The maximum Gasteiger partial charge on any atom is 0.408 e. The Morgan fingerprint density at radius 1 is 1.24 bits per heavy atom. The molecule has 1 aliphatic rings. The zero-order valence-corrected chi connectivity index (χ0v) is 11.1. The maximum absolute atomic E-state index is 11.6. The number of rotatable bonds is 5. The molecule has 4 N–H and O–H groups in total. The second-order valence-corrected chi connectivity index (χ2v) is 4.43. The van der Waals surface area contributed by atoms with Crippen LogP contribution >= 0.6 is 0 Å². The molecule has 0 unspecified atom stereocenters. The summed E-state index contributed by atoms with van der Waals surface area (Å²) in [6.45, 7) is -0.00578. The molecule has 0 spiro atoms. The fraction of sp³-hybridized carbons (Fsp3) is 0.308. The number of amides is 3. The van der Waals surface area contributed by atoms with E-state index in [2.05, 4.69) is 15.4 Å². The van der Waals surface area contributed by atoms with E-state index in [-0.39, 0.29) is 19.1 Å². The molecule has 2 atom stereocenters. The highest BCUT2D eigenvalue weighted by molar-refractivity contribution is 5.92. The Labute approximate surface area is 120 Å². The van der Waals surface area contributed by atoms with E-state index in [0.29, 0.717) is 0 Å². The molecule has 0 bridgehead atoms. The van der Waals surface area contributed by atoms with Crippen LogP contribution in [0.4, 0.5) is 9.59 Å². The Kier molecular flexibility index (Phi) is 4.60. The van der Waals surface area contributed by atoms with Crippen LogP contribution in [0.2, 0.25) is 0 Å². The van der Waals surface area contributed by atoms with Crippen molar-refractivity contribution in [1.29, 1.82) is 0 Å². The molecule has 1 heterocycles. The van der Waals surface area contributed by atoms with Crippen LogP contribution in [-0.4, -0.2) is 36.8 Å². The molecule has 112 valence electrons. The summed E-state index contributed by atoms with van der Waals surface area (Å²) in [6.07, 6.45) is -1.66. The predicted octanol–water partition coefficient (Wildman–Crippen LogP) is -0.125. The van der Waals surface area contributed by atoms with Crippen LogP contribution in [0.15, 0.2) is 30.3 Å². The minimum Gasteiger partial charge on any atom is -0.447 e. The number of benzene rings is 1. The maximum atomic E-state index is 11.6. The van der Waals surface area contributed by atoms with Gasteiger partial charge in [-0.05, 0) is 5.56 Å². The van der Waals surface area contributed by atoms with Crippen molar-refractivity contribution in [3.8, 4) is 0 Å². The molecular weight excluding hydrogens is 278 g/mol. The van der Waals surface area contributed by atoms with Crippen LogP contribution in [0.25, 0.3) is 0 Å². The molecule has 1 aromatic carbocycles. The number of carbonyl (C=O) groups is 3. The Balaban J connectivity index is 1.76.